The van der Waals surface area contributed by atoms with Crippen molar-refractivity contribution in [1.29, 1.82) is 0 Å². The van der Waals surface area contributed by atoms with E-state index in [1.54, 1.807) is 31.2 Å². The molecule has 0 saturated carbocycles. The summed E-state index contributed by atoms with van der Waals surface area (Å²) >= 11 is 1.22. The molecule has 1 aromatic carbocycles. The molecule has 0 fully saturated rings. The fraction of sp³-hybridized carbons (Fsp3) is 0.375. The molecule has 8 nitrogen and oxygen atoms in total. The standard InChI is InChI=1S/C24H25FN4O4S/c1-4-5-10-33-15-6-7-17(18(25)11-15)24(3)12-16(20-9-8-19(34-20)14(2)30)22(23(32)27-24)29-21(31)13-26-28-29/h6-9,11H,4-5,10,12-13H2,1-3H3,(H,27,32)/t24-/m0/s1. The van der Waals surface area contributed by atoms with Gasteiger partial charge in [-0.2, -0.15) is 10.1 Å². The lowest BCUT2D eigenvalue weighted by Gasteiger charge is -2.38. The first-order chi connectivity index (χ1) is 16.2. The van der Waals surface area contributed by atoms with Gasteiger partial charge in [0.15, 0.2) is 5.78 Å². The van der Waals surface area contributed by atoms with Crippen molar-refractivity contribution in [2.45, 2.75) is 45.6 Å². The molecule has 178 valence electrons. The number of thiophene rings is 1. The monoisotopic (exact) mass is 484 g/mol. The van der Waals surface area contributed by atoms with Crippen LogP contribution in [-0.4, -0.2) is 35.8 Å². The molecule has 2 aromatic rings. The van der Waals surface area contributed by atoms with Crippen molar-refractivity contribution in [2.24, 2.45) is 10.3 Å². The first-order valence-corrected chi connectivity index (χ1v) is 11.8. The molecule has 0 radical (unpaired) electrons. The first-order valence-electron chi connectivity index (χ1n) is 11.0. The van der Waals surface area contributed by atoms with Crippen LogP contribution in [0.25, 0.3) is 5.57 Å². The Balaban J connectivity index is 1.75. The molecule has 34 heavy (non-hydrogen) atoms. The van der Waals surface area contributed by atoms with Crippen LogP contribution in [0, 0.1) is 5.82 Å². The summed E-state index contributed by atoms with van der Waals surface area (Å²) in [5.74, 6) is -1.20. The number of hydrogen-bond donors (Lipinski definition) is 1. The molecule has 10 heteroatoms. The molecule has 2 aliphatic heterocycles. The molecule has 0 saturated heterocycles. The van der Waals surface area contributed by atoms with Gasteiger partial charge in [0.1, 0.15) is 23.8 Å². The number of ether oxygens (including phenoxy) is 1. The zero-order valence-electron chi connectivity index (χ0n) is 19.2. The van der Waals surface area contributed by atoms with Crippen molar-refractivity contribution in [3.05, 3.63) is 57.2 Å². The molecule has 0 spiro atoms. The lowest BCUT2D eigenvalue weighted by Crippen LogP contribution is -2.50. The largest absolute Gasteiger partial charge is 0.493 e. The molecular weight excluding hydrogens is 459 g/mol. The summed E-state index contributed by atoms with van der Waals surface area (Å²) in [5, 5.41) is 11.4. The molecule has 2 amide bonds. The van der Waals surface area contributed by atoms with Crippen molar-refractivity contribution >= 4 is 34.5 Å². The predicted molar refractivity (Wildman–Crippen MR) is 125 cm³/mol. The molecule has 1 aromatic heterocycles. The van der Waals surface area contributed by atoms with E-state index >= 15 is 4.39 Å². The Hall–Kier alpha value is -3.40. The quantitative estimate of drug-likeness (QED) is 0.436. The summed E-state index contributed by atoms with van der Waals surface area (Å²) in [6, 6.07) is 8.01. The minimum absolute atomic E-state index is 0.0422. The number of Topliss-reactive ketones (excluding diaryl/α,β-unsaturated/α-hetero) is 1. The van der Waals surface area contributed by atoms with Crippen LogP contribution in [-0.2, 0) is 15.1 Å². The van der Waals surface area contributed by atoms with E-state index in [2.05, 4.69) is 15.7 Å². The van der Waals surface area contributed by atoms with Gasteiger partial charge >= 0.3 is 0 Å². The second-order valence-electron chi connectivity index (χ2n) is 8.45. The zero-order chi connectivity index (χ0) is 24.5. The minimum atomic E-state index is -1.11. The SMILES string of the molecule is CCCCOc1ccc([C@]2(C)CC(c3ccc(C(C)=O)s3)=C(N3N=NCC3=O)C(=O)N2)c(F)c1. The number of carbonyl (C=O) groups is 3. The number of nitrogens with zero attached hydrogens (tertiary/aromatic N) is 3. The summed E-state index contributed by atoms with van der Waals surface area (Å²) in [7, 11) is 0. The molecule has 3 heterocycles. The van der Waals surface area contributed by atoms with Gasteiger partial charge in [0.25, 0.3) is 11.8 Å². The van der Waals surface area contributed by atoms with Crippen molar-refractivity contribution in [3.63, 3.8) is 0 Å². The van der Waals surface area contributed by atoms with Crippen molar-refractivity contribution in [3.8, 4) is 5.75 Å². The maximum atomic E-state index is 15.2. The van der Waals surface area contributed by atoms with E-state index in [9.17, 15) is 14.4 Å². The zero-order valence-corrected chi connectivity index (χ0v) is 20.0. The summed E-state index contributed by atoms with van der Waals surface area (Å²) in [6.45, 7) is 5.57. The van der Waals surface area contributed by atoms with Crippen LogP contribution in [0.15, 0.2) is 46.4 Å². The number of carbonyl (C=O) groups excluding carboxylic acids is 3. The highest BCUT2D eigenvalue weighted by Crippen LogP contribution is 2.43. The minimum Gasteiger partial charge on any atom is -0.493 e. The van der Waals surface area contributed by atoms with Gasteiger partial charge in [-0.3, -0.25) is 14.4 Å². The number of unbranched alkanes of at least 4 members (excludes halogenated alkanes) is 1. The average molecular weight is 485 g/mol. The van der Waals surface area contributed by atoms with Gasteiger partial charge in [-0.1, -0.05) is 24.6 Å². The lowest BCUT2D eigenvalue weighted by atomic mass is 9.81. The van der Waals surface area contributed by atoms with E-state index in [0.717, 1.165) is 17.9 Å². The number of benzene rings is 1. The number of hydrogen-bond acceptors (Lipinski definition) is 7. The molecule has 0 bridgehead atoms. The maximum absolute atomic E-state index is 15.2. The second kappa shape index (κ2) is 9.46. The lowest BCUT2D eigenvalue weighted by molar-refractivity contribution is -0.130. The van der Waals surface area contributed by atoms with Crippen LogP contribution in [0.4, 0.5) is 4.39 Å². The van der Waals surface area contributed by atoms with E-state index in [1.165, 1.54) is 24.3 Å². The summed E-state index contributed by atoms with van der Waals surface area (Å²) in [6.07, 6.45) is 2.01. The van der Waals surface area contributed by atoms with Crippen LogP contribution in [0.2, 0.25) is 0 Å². The molecule has 1 N–H and O–H groups in total. The van der Waals surface area contributed by atoms with E-state index in [4.69, 9.17) is 4.74 Å². The Morgan fingerprint density at radius 2 is 2.09 bits per heavy atom. The van der Waals surface area contributed by atoms with Gasteiger partial charge in [-0.15, -0.1) is 11.3 Å². The maximum Gasteiger partial charge on any atom is 0.272 e. The molecule has 1 atom stereocenters. The highest BCUT2D eigenvalue weighted by Gasteiger charge is 2.43. The Bertz CT molecular complexity index is 1220. The van der Waals surface area contributed by atoms with Gasteiger partial charge in [0.2, 0.25) is 0 Å². The molecule has 0 aliphatic carbocycles. The first kappa shape index (κ1) is 23.7. The van der Waals surface area contributed by atoms with Crippen LogP contribution in [0.5, 0.6) is 5.75 Å². The smallest absolute Gasteiger partial charge is 0.272 e. The highest BCUT2D eigenvalue weighted by molar-refractivity contribution is 7.15. The van der Waals surface area contributed by atoms with E-state index in [0.29, 0.717) is 27.7 Å². The Kier molecular flexibility index (Phi) is 6.60. The van der Waals surface area contributed by atoms with Crippen LogP contribution in [0.3, 0.4) is 0 Å². The molecule has 2 aliphatic rings. The van der Waals surface area contributed by atoms with Gasteiger partial charge in [0, 0.05) is 28.5 Å². The van der Waals surface area contributed by atoms with Crippen molar-refractivity contribution in [1.82, 2.24) is 10.3 Å². The summed E-state index contributed by atoms with van der Waals surface area (Å²) in [4.78, 5) is 38.7. The second-order valence-corrected chi connectivity index (χ2v) is 9.53. The normalized spacial score (nSPS) is 20.2. The molecular formula is C24H25FN4O4S. The third kappa shape index (κ3) is 4.50. The fourth-order valence-electron chi connectivity index (χ4n) is 4.02. The van der Waals surface area contributed by atoms with E-state index < -0.39 is 23.2 Å². The predicted octanol–water partition coefficient (Wildman–Crippen LogP) is 4.62. The van der Waals surface area contributed by atoms with Gasteiger partial charge in [-0.05, 0) is 38.5 Å². The summed E-state index contributed by atoms with van der Waals surface area (Å²) < 4.78 is 20.8. The Morgan fingerprint density at radius 1 is 1.29 bits per heavy atom. The number of rotatable bonds is 8. The number of halogens is 1. The van der Waals surface area contributed by atoms with Gasteiger partial charge < -0.3 is 10.1 Å². The van der Waals surface area contributed by atoms with Crippen LogP contribution < -0.4 is 10.1 Å². The van der Waals surface area contributed by atoms with Crippen molar-refractivity contribution in [2.75, 3.05) is 13.2 Å². The van der Waals surface area contributed by atoms with Crippen molar-refractivity contribution < 1.29 is 23.5 Å². The van der Waals surface area contributed by atoms with Crippen LogP contribution in [0.1, 0.15) is 60.1 Å². The van der Waals surface area contributed by atoms with Crippen LogP contribution >= 0.6 is 11.3 Å². The third-order valence-corrected chi connectivity index (χ3v) is 7.03. The number of amides is 2. The molecule has 4 rings (SSSR count). The van der Waals surface area contributed by atoms with Gasteiger partial charge in [0.05, 0.1) is 17.0 Å². The van der Waals surface area contributed by atoms with E-state index in [1.807, 2.05) is 6.92 Å². The third-order valence-electron chi connectivity index (χ3n) is 5.78. The fourth-order valence-corrected chi connectivity index (χ4v) is 4.96. The Morgan fingerprint density at radius 3 is 2.71 bits per heavy atom. The summed E-state index contributed by atoms with van der Waals surface area (Å²) in [5.41, 5.74) is -0.276. The highest BCUT2D eigenvalue weighted by atomic mass is 32.1. The molecule has 0 unspecified atom stereocenters. The number of nitrogens with one attached hydrogen (secondary N) is 1. The Labute approximate surface area is 200 Å². The topological polar surface area (TPSA) is 100 Å². The van der Waals surface area contributed by atoms with E-state index in [-0.39, 0.29) is 30.0 Å². The average Bonchev–Trinajstić information content (AvgIpc) is 3.43. The van der Waals surface area contributed by atoms with Gasteiger partial charge in [-0.25, -0.2) is 4.39 Å². The number of ketones is 1.